The monoisotopic (exact) mass is 244 g/mol. The predicted octanol–water partition coefficient (Wildman–Crippen LogP) is 1.14. The van der Waals surface area contributed by atoms with Gasteiger partial charge in [-0.1, -0.05) is 29.8 Å². The Bertz CT molecular complexity index is 576. The van der Waals surface area contributed by atoms with E-state index >= 15 is 0 Å². The molecule has 0 amide bonds. The summed E-state index contributed by atoms with van der Waals surface area (Å²) in [7, 11) is 0. The maximum absolute atomic E-state index is 11.4. The summed E-state index contributed by atoms with van der Waals surface area (Å²) in [6.07, 6.45) is 0.600. The van der Waals surface area contributed by atoms with Gasteiger partial charge in [0.25, 0.3) is 0 Å². The average molecular weight is 244 g/mol. The summed E-state index contributed by atoms with van der Waals surface area (Å²) in [4.78, 5) is 12.8. The second-order valence-corrected chi connectivity index (χ2v) is 4.27. The van der Waals surface area contributed by atoms with Crippen molar-refractivity contribution in [3.63, 3.8) is 0 Å². The number of hydrogen-bond acceptors (Lipinski definition) is 5. The molecule has 1 aliphatic rings. The topological polar surface area (TPSA) is 69.9 Å². The molecule has 0 spiro atoms. The summed E-state index contributed by atoms with van der Waals surface area (Å²) >= 11 is 0. The highest BCUT2D eigenvalue weighted by molar-refractivity contribution is 5.75. The van der Waals surface area contributed by atoms with Crippen LogP contribution in [0, 0.1) is 6.92 Å². The van der Waals surface area contributed by atoms with Crippen LogP contribution >= 0.6 is 0 Å². The zero-order valence-electron chi connectivity index (χ0n) is 9.91. The number of carbonyl (C=O) groups excluding carboxylic acids is 1. The first kappa shape index (κ1) is 10.9. The van der Waals surface area contributed by atoms with Crippen LogP contribution in [-0.4, -0.2) is 32.8 Å². The molecule has 1 aromatic heterocycles. The molecule has 6 nitrogen and oxygen atoms in total. The van der Waals surface area contributed by atoms with Crippen LogP contribution in [0.5, 0.6) is 0 Å². The highest BCUT2D eigenvalue weighted by Gasteiger charge is 2.30. The Kier molecular flexibility index (Phi) is 2.55. The number of aromatic nitrogens is 4. The maximum Gasteiger partial charge on any atom is 0.333 e. The molecule has 0 saturated carbocycles. The van der Waals surface area contributed by atoms with Crippen molar-refractivity contribution in [1.82, 2.24) is 20.2 Å². The average Bonchev–Trinajstić information content (AvgIpc) is 2.98. The van der Waals surface area contributed by atoms with Gasteiger partial charge in [0.15, 0.2) is 6.04 Å². The number of carbonyl (C=O) groups is 1. The molecule has 0 N–H and O–H groups in total. The van der Waals surface area contributed by atoms with Gasteiger partial charge in [0.1, 0.15) is 0 Å². The van der Waals surface area contributed by atoms with Gasteiger partial charge in [-0.15, -0.1) is 15.0 Å². The van der Waals surface area contributed by atoms with Gasteiger partial charge in [0, 0.05) is 12.0 Å². The first-order valence-electron chi connectivity index (χ1n) is 5.77. The first-order chi connectivity index (χ1) is 8.74. The largest absolute Gasteiger partial charge is 0.464 e. The molecule has 0 bridgehead atoms. The molecule has 2 heterocycles. The van der Waals surface area contributed by atoms with Gasteiger partial charge in [-0.25, -0.2) is 4.79 Å². The van der Waals surface area contributed by atoms with Crippen LogP contribution < -0.4 is 0 Å². The lowest BCUT2D eigenvalue weighted by Crippen LogP contribution is -2.17. The number of cyclic esters (lactones) is 1. The van der Waals surface area contributed by atoms with Gasteiger partial charge < -0.3 is 4.74 Å². The van der Waals surface area contributed by atoms with Crippen molar-refractivity contribution in [2.75, 3.05) is 6.61 Å². The fraction of sp³-hybridized carbons (Fsp3) is 0.333. The van der Waals surface area contributed by atoms with E-state index in [9.17, 15) is 4.79 Å². The summed E-state index contributed by atoms with van der Waals surface area (Å²) in [5.41, 5.74) is 2.06. The highest BCUT2D eigenvalue weighted by Crippen LogP contribution is 2.20. The zero-order chi connectivity index (χ0) is 12.5. The zero-order valence-corrected chi connectivity index (χ0v) is 9.91. The lowest BCUT2D eigenvalue weighted by atomic mass is 10.1. The molecule has 1 aromatic carbocycles. The fourth-order valence-electron chi connectivity index (χ4n) is 1.87. The molecule has 18 heavy (non-hydrogen) atoms. The van der Waals surface area contributed by atoms with Crippen LogP contribution in [0.15, 0.2) is 24.3 Å². The SMILES string of the molecule is Cc1ccc(-c2nnn(C3CCOC3=O)n2)cc1. The lowest BCUT2D eigenvalue weighted by Gasteiger charge is -2.01. The Morgan fingerprint density at radius 3 is 2.78 bits per heavy atom. The number of rotatable bonds is 2. The Morgan fingerprint density at radius 2 is 2.11 bits per heavy atom. The van der Waals surface area contributed by atoms with Crippen molar-refractivity contribution in [3.8, 4) is 11.4 Å². The van der Waals surface area contributed by atoms with E-state index in [4.69, 9.17) is 4.74 Å². The molecule has 6 heteroatoms. The normalized spacial score (nSPS) is 18.9. The molecular weight excluding hydrogens is 232 g/mol. The summed E-state index contributed by atoms with van der Waals surface area (Å²) < 4.78 is 4.88. The van der Waals surface area contributed by atoms with Crippen molar-refractivity contribution < 1.29 is 9.53 Å². The number of benzene rings is 1. The summed E-state index contributed by atoms with van der Waals surface area (Å²) in [6.45, 7) is 2.44. The standard InChI is InChI=1S/C12H12N4O2/c1-8-2-4-9(5-3-8)11-13-15-16(14-11)10-6-7-18-12(10)17/h2-5,10H,6-7H2,1H3. The van der Waals surface area contributed by atoms with Gasteiger partial charge in [0.2, 0.25) is 5.82 Å². The fourth-order valence-corrected chi connectivity index (χ4v) is 1.87. The second-order valence-electron chi connectivity index (χ2n) is 4.27. The minimum absolute atomic E-state index is 0.289. The highest BCUT2D eigenvalue weighted by atomic mass is 16.5. The molecule has 2 aromatic rings. The molecule has 1 atom stereocenters. The quantitative estimate of drug-likeness (QED) is 0.741. The Morgan fingerprint density at radius 1 is 1.33 bits per heavy atom. The van der Waals surface area contributed by atoms with Crippen LogP contribution in [0.25, 0.3) is 11.4 Å². The van der Waals surface area contributed by atoms with Gasteiger partial charge in [-0.2, -0.15) is 0 Å². The third-order valence-electron chi connectivity index (χ3n) is 2.92. The van der Waals surface area contributed by atoms with E-state index in [1.807, 2.05) is 31.2 Å². The third-order valence-corrected chi connectivity index (χ3v) is 2.92. The molecule has 1 aliphatic heterocycles. The van der Waals surface area contributed by atoms with E-state index in [1.54, 1.807) is 0 Å². The van der Waals surface area contributed by atoms with Gasteiger partial charge in [-0.3, -0.25) is 0 Å². The molecular formula is C12H12N4O2. The van der Waals surface area contributed by atoms with Crippen molar-refractivity contribution in [3.05, 3.63) is 29.8 Å². The van der Waals surface area contributed by atoms with Crippen molar-refractivity contribution in [1.29, 1.82) is 0 Å². The lowest BCUT2D eigenvalue weighted by molar-refractivity contribution is -0.141. The molecule has 1 saturated heterocycles. The van der Waals surface area contributed by atoms with Gasteiger partial charge in [0.05, 0.1) is 6.61 Å². The minimum Gasteiger partial charge on any atom is -0.464 e. The van der Waals surface area contributed by atoms with Crippen LogP contribution in [0.1, 0.15) is 18.0 Å². The minimum atomic E-state index is -0.434. The number of ether oxygens (including phenoxy) is 1. The van der Waals surface area contributed by atoms with E-state index in [0.29, 0.717) is 18.9 Å². The van der Waals surface area contributed by atoms with Crippen LogP contribution in [0.4, 0.5) is 0 Å². The van der Waals surface area contributed by atoms with Crippen molar-refractivity contribution >= 4 is 5.97 Å². The van der Waals surface area contributed by atoms with E-state index in [0.717, 1.165) is 5.56 Å². The van der Waals surface area contributed by atoms with Crippen molar-refractivity contribution in [2.45, 2.75) is 19.4 Å². The second kappa shape index (κ2) is 4.21. The van der Waals surface area contributed by atoms with Crippen LogP contribution in [0.2, 0.25) is 0 Å². The number of aryl methyl sites for hydroxylation is 1. The summed E-state index contributed by atoms with van der Waals surface area (Å²) in [5.74, 6) is 0.234. The Hall–Kier alpha value is -2.24. The van der Waals surface area contributed by atoms with Crippen LogP contribution in [0.3, 0.4) is 0 Å². The predicted molar refractivity (Wildman–Crippen MR) is 62.6 cm³/mol. The smallest absolute Gasteiger partial charge is 0.333 e. The summed E-state index contributed by atoms with van der Waals surface area (Å²) in [6, 6.07) is 7.41. The molecule has 0 aliphatic carbocycles. The third kappa shape index (κ3) is 1.85. The van der Waals surface area contributed by atoms with Crippen molar-refractivity contribution in [2.24, 2.45) is 0 Å². The van der Waals surface area contributed by atoms with Gasteiger partial charge >= 0.3 is 5.97 Å². The first-order valence-corrected chi connectivity index (χ1v) is 5.77. The Labute approximate surface area is 104 Å². The molecule has 1 fully saturated rings. The Balaban J connectivity index is 1.89. The van der Waals surface area contributed by atoms with Crippen LogP contribution in [-0.2, 0) is 9.53 Å². The number of esters is 1. The number of hydrogen-bond donors (Lipinski definition) is 0. The van der Waals surface area contributed by atoms with E-state index in [2.05, 4.69) is 15.4 Å². The summed E-state index contributed by atoms with van der Waals surface area (Å²) in [5, 5.41) is 12.1. The van der Waals surface area contributed by atoms with E-state index < -0.39 is 6.04 Å². The van der Waals surface area contributed by atoms with E-state index in [-0.39, 0.29) is 5.97 Å². The van der Waals surface area contributed by atoms with E-state index in [1.165, 1.54) is 10.4 Å². The molecule has 1 unspecified atom stereocenters. The number of tetrazole rings is 1. The molecule has 3 rings (SSSR count). The maximum atomic E-state index is 11.4. The molecule has 92 valence electrons. The molecule has 0 radical (unpaired) electrons. The van der Waals surface area contributed by atoms with Gasteiger partial charge in [-0.05, 0) is 12.1 Å². The number of nitrogens with zero attached hydrogens (tertiary/aromatic N) is 4.